The number of hydrogen-bond acceptors (Lipinski definition) is 6. The number of nitrogens with one attached hydrogen (secondary N) is 2. The van der Waals surface area contributed by atoms with E-state index in [1.165, 1.54) is 30.5 Å². The van der Waals surface area contributed by atoms with Crippen LogP contribution >= 0.6 is 23.2 Å². The van der Waals surface area contributed by atoms with Crippen molar-refractivity contribution in [3.05, 3.63) is 81.0 Å². The first-order valence-electron chi connectivity index (χ1n) is 13.8. The van der Waals surface area contributed by atoms with Crippen LogP contribution in [-0.4, -0.2) is 59.7 Å². The Hall–Kier alpha value is -4.25. The minimum Gasteiger partial charge on any atom is -0.349 e. The molecule has 3 aromatic heterocycles. The zero-order chi connectivity index (χ0) is 34.5. The number of aryl methyl sites for hydroxylation is 1. The average molecular weight is 707 g/mol. The number of aromatic nitrogens is 6. The highest BCUT2D eigenvalue weighted by Crippen LogP contribution is 2.51. The first-order valence-corrected chi connectivity index (χ1v) is 14.5. The molecule has 1 saturated carbocycles. The zero-order valence-electron chi connectivity index (χ0n) is 24.2. The Morgan fingerprint density at radius 1 is 1.04 bits per heavy atom. The average Bonchev–Trinajstić information content (AvgIpc) is 3.59. The number of carbonyl (C=O) groups is 2. The van der Waals surface area contributed by atoms with Crippen LogP contribution in [0.2, 0.25) is 10.0 Å². The van der Waals surface area contributed by atoms with Gasteiger partial charge in [0.1, 0.15) is 12.2 Å². The molecule has 0 radical (unpaired) electrons. The molecule has 10 nitrogen and oxygen atoms in total. The highest BCUT2D eigenvalue weighted by Gasteiger charge is 2.74. The predicted molar refractivity (Wildman–Crippen MR) is 154 cm³/mol. The Kier molecular flexibility index (Phi) is 9.00. The molecule has 0 bridgehead atoms. The molecule has 0 aliphatic heterocycles. The van der Waals surface area contributed by atoms with Gasteiger partial charge in [-0.2, -0.15) is 50.8 Å². The normalized spacial score (nSPS) is 14.6. The van der Waals surface area contributed by atoms with Gasteiger partial charge < -0.3 is 10.6 Å². The third kappa shape index (κ3) is 6.76. The van der Waals surface area contributed by atoms with Gasteiger partial charge in [0.15, 0.2) is 11.5 Å². The summed E-state index contributed by atoms with van der Waals surface area (Å²) in [5.41, 5.74) is -1.69. The van der Waals surface area contributed by atoms with Crippen LogP contribution in [0.4, 0.5) is 36.4 Å². The van der Waals surface area contributed by atoms with Crippen molar-refractivity contribution in [3.8, 4) is 5.82 Å². The van der Waals surface area contributed by atoms with Crippen LogP contribution in [0.5, 0.6) is 0 Å². The monoisotopic (exact) mass is 706 g/mol. The fraction of sp³-hybridized carbons (Fsp3) is 0.357. The van der Waals surface area contributed by atoms with E-state index in [9.17, 15) is 40.3 Å². The van der Waals surface area contributed by atoms with Gasteiger partial charge in [-0.05, 0) is 68.5 Å². The van der Waals surface area contributed by atoms with Gasteiger partial charge in [0, 0.05) is 17.3 Å². The Morgan fingerprint density at radius 2 is 1.74 bits per heavy atom. The van der Waals surface area contributed by atoms with Crippen molar-refractivity contribution in [1.82, 2.24) is 35.1 Å². The summed E-state index contributed by atoms with van der Waals surface area (Å²) in [5.74, 6) is -13.2. The number of nitrogens with zero attached hydrogens (tertiary/aromatic N) is 6. The highest BCUT2D eigenvalue weighted by atomic mass is 35.5. The highest BCUT2D eigenvalue weighted by molar-refractivity contribution is 6.32. The number of benzene rings is 1. The number of amides is 2. The minimum absolute atomic E-state index is 0.0292. The van der Waals surface area contributed by atoms with Crippen LogP contribution in [0.25, 0.3) is 5.82 Å². The number of hydrogen-bond donors (Lipinski definition) is 2. The topological polar surface area (TPSA) is 120 Å². The molecule has 0 spiro atoms. The van der Waals surface area contributed by atoms with Gasteiger partial charge in [-0.25, -0.2) is 9.67 Å². The van der Waals surface area contributed by atoms with Gasteiger partial charge in [0.25, 0.3) is 11.8 Å². The largest absolute Gasteiger partial charge is 0.460 e. The molecule has 2 amide bonds. The lowest BCUT2D eigenvalue weighted by Crippen LogP contribution is -2.50. The molecule has 1 unspecified atom stereocenters. The lowest BCUT2D eigenvalue weighted by atomic mass is 10.1. The summed E-state index contributed by atoms with van der Waals surface area (Å²) in [5, 5.41) is 16.5. The van der Waals surface area contributed by atoms with Crippen molar-refractivity contribution >= 4 is 40.7 Å². The molecule has 1 aromatic carbocycles. The number of pyridine rings is 1. The van der Waals surface area contributed by atoms with Crippen LogP contribution in [0.1, 0.15) is 57.6 Å². The molecule has 1 aliphatic rings. The second-order valence-electron chi connectivity index (χ2n) is 10.8. The van der Waals surface area contributed by atoms with Crippen molar-refractivity contribution in [2.45, 2.75) is 57.3 Å². The standard InChI is InChI=1S/C28H23Cl2F7N8O2/c1-13-8-16(29)9-18(24(46)40-14(2)15-5-6-15)22(13)41-25(47)20-10-17(42-45(20)23-19(30)4-3-7-38-23)12-44-39-11-21(43-44)26(31,32)27(33,34)28(35,36)37/h3-4,7-11,14-15H,5-6,12H2,1-2H3,(H,40,46)(H,41,47). The molecular weight excluding hydrogens is 684 g/mol. The molecule has 47 heavy (non-hydrogen) atoms. The van der Waals surface area contributed by atoms with E-state index in [4.69, 9.17) is 23.2 Å². The van der Waals surface area contributed by atoms with E-state index in [0.717, 1.165) is 23.6 Å². The summed E-state index contributed by atoms with van der Waals surface area (Å²) in [7, 11) is 0. The third-order valence-corrected chi connectivity index (χ3v) is 7.83. The van der Waals surface area contributed by atoms with Crippen molar-refractivity contribution in [2.75, 3.05) is 5.32 Å². The number of rotatable bonds is 10. The minimum atomic E-state index is -6.57. The summed E-state index contributed by atoms with van der Waals surface area (Å²) < 4.78 is 94.4. The molecule has 5 rings (SSSR count). The summed E-state index contributed by atoms with van der Waals surface area (Å²) in [6, 6.07) is 6.85. The number of anilines is 1. The van der Waals surface area contributed by atoms with E-state index >= 15 is 0 Å². The quantitative estimate of drug-likeness (QED) is 0.180. The summed E-state index contributed by atoms with van der Waals surface area (Å²) in [6.45, 7) is 2.82. The fourth-order valence-electron chi connectivity index (χ4n) is 4.63. The molecule has 250 valence electrons. The van der Waals surface area contributed by atoms with Gasteiger partial charge in [-0.15, -0.1) is 0 Å². The fourth-order valence-corrected chi connectivity index (χ4v) is 5.10. The van der Waals surface area contributed by atoms with Crippen LogP contribution in [0.3, 0.4) is 0 Å². The number of alkyl halides is 7. The van der Waals surface area contributed by atoms with Gasteiger partial charge in [-0.1, -0.05) is 23.2 Å². The van der Waals surface area contributed by atoms with Crippen molar-refractivity contribution < 1.29 is 40.3 Å². The predicted octanol–water partition coefficient (Wildman–Crippen LogP) is 6.59. The summed E-state index contributed by atoms with van der Waals surface area (Å²) in [4.78, 5) is 31.5. The van der Waals surface area contributed by atoms with Crippen LogP contribution < -0.4 is 10.6 Å². The Bertz CT molecular complexity index is 1840. The van der Waals surface area contributed by atoms with E-state index in [2.05, 4.69) is 30.9 Å². The molecule has 1 aliphatic carbocycles. The number of halogens is 9. The third-order valence-electron chi connectivity index (χ3n) is 7.32. The molecule has 1 atom stereocenters. The number of carbonyl (C=O) groups excluding carboxylic acids is 2. The van der Waals surface area contributed by atoms with Gasteiger partial charge in [-0.3, -0.25) is 9.59 Å². The molecule has 19 heteroatoms. The van der Waals surface area contributed by atoms with E-state index in [-0.39, 0.29) is 50.7 Å². The van der Waals surface area contributed by atoms with Crippen LogP contribution in [0, 0.1) is 12.8 Å². The van der Waals surface area contributed by atoms with Crippen molar-refractivity contribution in [3.63, 3.8) is 0 Å². The Morgan fingerprint density at radius 3 is 2.38 bits per heavy atom. The van der Waals surface area contributed by atoms with Gasteiger partial charge >= 0.3 is 18.0 Å². The molecular formula is C28H23Cl2F7N8O2. The first-order chi connectivity index (χ1) is 21.9. The van der Waals surface area contributed by atoms with Crippen LogP contribution in [0.15, 0.2) is 42.7 Å². The molecule has 4 aromatic rings. The second kappa shape index (κ2) is 12.4. The maximum Gasteiger partial charge on any atom is 0.460 e. The van der Waals surface area contributed by atoms with Crippen molar-refractivity contribution in [1.29, 1.82) is 0 Å². The summed E-state index contributed by atoms with van der Waals surface area (Å²) >= 11 is 12.5. The molecule has 1 fully saturated rings. The Balaban J connectivity index is 1.48. The van der Waals surface area contributed by atoms with Crippen molar-refractivity contribution in [2.24, 2.45) is 5.92 Å². The van der Waals surface area contributed by atoms with Gasteiger partial charge in [0.2, 0.25) is 0 Å². The lowest BCUT2D eigenvalue weighted by Gasteiger charge is -2.26. The smallest absolute Gasteiger partial charge is 0.349 e. The van der Waals surface area contributed by atoms with E-state index in [0.29, 0.717) is 16.3 Å². The maximum absolute atomic E-state index is 14.2. The van der Waals surface area contributed by atoms with E-state index in [1.807, 2.05) is 6.92 Å². The Labute approximate surface area is 271 Å². The van der Waals surface area contributed by atoms with Gasteiger partial charge in [0.05, 0.1) is 28.2 Å². The summed E-state index contributed by atoms with van der Waals surface area (Å²) in [6.07, 6.45) is -3.22. The second-order valence-corrected chi connectivity index (χ2v) is 11.7. The molecule has 0 saturated heterocycles. The van der Waals surface area contributed by atoms with Crippen LogP contribution in [-0.2, 0) is 12.5 Å². The SMILES string of the molecule is Cc1cc(Cl)cc(C(=O)NC(C)C2CC2)c1NC(=O)c1cc(Cn2ncc(C(F)(F)C(F)(F)C(F)(F)F)n2)nn1-c1ncccc1Cl. The molecule has 3 heterocycles. The molecule has 2 N–H and O–H groups in total. The zero-order valence-corrected chi connectivity index (χ0v) is 25.7. The first kappa shape index (κ1) is 34.1. The van der Waals surface area contributed by atoms with E-state index in [1.54, 1.807) is 6.92 Å². The maximum atomic E-state index is 14.2. The van der Waals surface area contributed by atoms with E-state index < -0.39 is 42.1 Å². The lowest BCUT2D eigenvalue weighted by molar-refractivity contribution is -0.360.